The van der Waals surface area contributed by atoms with Crippen LogP contribution in [-0.2, 0) is 20.5 Å². The molecule has 0 saturated carbocycles. The van der Waals surface area contributed by atoms with Crippen LogP contribution >= 0.6 is 0 Å². The molecule has 4 heterocycles. The molecular formula is C39H44FN7O6. The van der Waals surface area contributed by atoms with Gasteiger partial charge in [0.25, 0.3) is 11.5 Å². The molecule has 13 nitrogen and oxygen atoms in total. The molecule has 2 saturated heterocycles. The first-order chi connectivity index (χ1) is 25.4. The molecule has 3 aliphatic rings. The first-order valence-corrected chi connectivity index (χ1v) is 17.8. The quantitative estimate of drug-likeness (QED) is 0.249. The number of methoxy groups -OCH3 is 1. The van der Waals surface area contributed by atoms with E-state index in [9.17, 15) is 24.3 Å². The summed E-state index contributed by atoms with van der Waals surface area (Å²) in [6.45, 7) is 6.06. The number of aromatic nitrogens is 3. The van der Waals surface area contributed by atoms with Crippen molar-refractivity contribution in [1.29, 1.82) is 0 Å². The first kappa shape index (κ1) is 36.0. The molecule has 0 radical (unpaired) electrons. The second-order valence-electron chi connectivity index (χ2n) is 14.4. The van der Waals surface area contributed by atoms with Crippen molar-refractivity contribution >= 4 is 17.6 Å². The van der Waals surface area contributed by atoms with E-state index < -0.39 is 23.0 Å². The summed E-state index contributed by atoms with van der Waals surface area (Å²) in [5.41, 5.74) is 4.40. The Morgan fingerprint density at radius 2 is 1.87 bits per heavy atom. The Labute approximate surface area is 306 Å². The number of carbonyl (C=O) groups is 2. The summed E-state index contributed by atoms with van der Waals surface area (Å²) >= 11 is 0. The van der Waals surface area contributed by atoms with Crippen LogP contribution in [0.4, 0.5) is 14.9 Å². The molecule has 3 N–H and O–H groups in total. The highest BCUT2D eigenvalue weighted by molar-refractivity contribution is 6.04. The smallest absolute Gasteiger partial charge is 0.330 e. The number of carbonyl (C=O) groups excluding carboxylic acids is 2. The molecular weight excluding hydrogens is 681 g/mol. The van der Waals surface area contributed by atoms with Crippen LogP contribution in [0.5, 0.6) is 5.88 Å². The van der Waals surface area contributed by atoms with Crippen molar-refractivity contribution in [3.05, 3.63) is 97.1 Å². The number of aliphatic hydroxyl groups excluding tert-OH is 1. The number of nitrogens with zero attached hydrogens (tertiary/aromatic N) is 5. The van der Waals surface area contributed by atoms with Crippen molar-refractivity contribution in [2.24, 2.45) is 14.1 Å². The topological polar surface area (TPSA) is 151 Å². The molecule has 0 bridgehead atoms. The number of aliphatic hydroxyl groups is 1. The fourth-order valence-corrected chi connectivity index (χ4v) is 8.35. The van der Waals surface area contributed by atoms with Gasteiger partial charge in [-0.3, -0.25) is 19.1 Å². The van der Waals surface area contributed by atoms with Crippen molar-refractivity contribution in [1.82, 2.24) is 29.2 Å². The lowest BCUT2D eigenvalue weighted by Gasteiger charge is -2.40. The van der Waals surface area contributed by atoms with Crippen LogP contribution < -0.4 is 26.6 Å². The van der Waals surface area contributed by atoms with Crippen LogP contribution in [-0.4, -0.2) is 86.4 Å². The van der Waals surface area contributed by atoms with Crippen molar-refractivity contribution in [2.75, 3.05) is 45.2 Å². The van der Waals surface area contributed by atoms with E-state index in [4.69, 9.17) is 9.72 Å². The van der Waals surface area contributed by atoms with E-state index in [1.165, 1.54) is 30.9 Å². The van der Waals surface area contributed by atoms with E-state index in [0.717, 1.165) is 60.0 Å². The highest BCUT2D eigenvalue weighted by Crippen LogP contribution is 2.46. The third-order valence-electron chi connectivity index (χ3n) is 11.3. The predicted molar refractivity (Wildman–Crippen MR) is 198 cm³/mol. The molecule has 278 valence electrons. The van der Waals surface area contributed by atoms with E-state index in [1.807, 2.05) is 6.92 Å². The number of benzene rings is 2. The number of amides is 3. The van der Waals surface area contributed by atoms with Crippen LogP contribution in [0.25, 0.3) is 22.4 Å². The van der Waals surface area contributed by atoms with Gasteiger partial charge in [0.05, 0.1) is 24.9 Å². The minimum Gasteiger partial charge on any atom is -0.481 e. The lowest BCUT2D eigenvalue weighted by atomic mass is 9.90. The average molecular weight is 726 g/mol. The number of fused-ring (bicyclic) bond motifs is 1. The van der Waals surface area contributed by atoms with Gasteiger partial charge < -0.3 is 29.9 Å². The summed E-state index contributed by atoms with van der Waals surface area (Å²) in [5.74, 6) is -0.592. The van der Waals surface area contributed by atoms with Crippen molar-refractivity contribution < 1.29 is 23.8 Å². The van der Waals surface area contributed by atoms with Crippen LogP contribution in [0.15, 0.2) is 52.2 Å². The molecule has 2 aliphatic heterocycles. The molecule has 2 fully saturated rings. The fourth-order valence-electron chi connectivity index (χ4n) is 8.35. The second-order valence-corrected chi connectivity index (χ2v) is 14.4. The van der Waals surface area contributed by atoms with Gasteiger partial charge in [0, 0.05) is 74.9 Å². The molecule has 7 rings (SSSR count). The van der Waals surface area contributed by atoms with E-state index >= 15 is 4.39 Å². The largest absolute Gasteiger partial charge is 0.481 e. The fraction of sp³-hybridized carbons (Fsp3) is 0.410. The Morgan fingerprint density at radius 1 is 1.09 bits per heavy atom. The maximum atomic E-state index is 15.8. The minimum absolute atomic E-state index is 0.0592. The van der Waals surface area contributed by atoms with Gasteiger partial charge in [-0.1, -0.05) is 12.1 Å². The van der Waals surface area contributed by atoms with Gasteiger partial charge in [0.1, 0.15) is 11.4 Å². The summed E-state index contributed by atoms with van der Waals surface area (Å²) in [4.78, 5) is 59.9. The molecule has 1 aliphatic carbocycles. The molecule has 2 aromatic carbocycles. The summed E-state index contributed by atoms with van der Waals surface area (Å²) in [7, 11) is 4.38. The van der Waals surface area contributed by atoms with Gasteiger partial charge in [-0.25, -0.2) is 19.0 Å². The van der Waals surface area contributed by atoms with Gasteiger partial charge in [-0.2, -0.15) is 0 Å². The van der Waals surface area contributed by atoms with Crippen LogP contribution in [0, 0.1) is 19.7 Å². The van der Waals surface area contributed by atoms with E-state index in [-0.39, 0.29) is 29.8 Å². The maximum Gasteiger partial charge on any atom is 0.330 e. The normalized spacial score (nSPS) is 19.8. The maximum absolute atomic E-state index is 15.8. The number of anilines is 1. The Bertz CT molecular complexity index is 2270. The van der Waals surface area contributed by atoms with Crippen molar-refractivity contribution in [2.45, 2.75) is 51.1 Å². The molecule has 2 atom stereocenters. The van der Waals surface area contributed by atoms with E-state index in [2.05, 4.69) is 21.6 Å². The number of urea groups is 1. The number of pyridine rings is 1. The first-order valence-electron chi connectivity index (χ1n) is 17.8. The van der Waals surface area contributed by atoms with Crippen molar-refractivity contribution in [3.8, 4) is 28.3 Å². The van der Waals surface area contributed by atoms with Crippen LogP contribution in [0.2, 0.25) is 0 Å². The number of rotatable bonds is 8. The monoisotopic (exact) mass is 725 g/mol. The number of ether oxygens (including phenoxy) is 1. The Kier molecular flexibility index (Phi) is 9.45. The van der Waals surface area contributed by atoms with Gasteiger partial charge in [-0.05, 0) is 86.1 Å². The number of likely N-dealkylation sites (tertiary alicyclic amines) is 1. The number of nitrogens with one attached hydrogen (secondary N) is 2. The van der Waals surface area contributed by atoms with Gasteiger partial charge in [0.15, 0.2) is 0 Å². The average Bonchev–Trinajstić information content (AvgIpc) is 3.75. The Hall–Kier alpha value is -5.34. The number of hydrogen-bond acceptors (Lipinski definition) is 8. The van der Waals surface area contributed by atoms with Crippen LogP contribution in [0.3, 0.4) is 0 Å². The van der Waals surface area contributed by atoms with E-state index in [1.54, 1.807) is 43.2 Å². The van der Waals surface area contributed by atoms with Crippen molar-refractivity contribution in [3.63, 3.8) is 0 Å². The summed E-state index contributed by atoms with van der Waals surface area (Å²) in [6.07, 6.45) is 4.57. The predicted octanol–water partition coefficient (Wildman–Crippen LogP) is 3.67. The lowest BCUT2D eigenvalue weighted by Crippen LogP contribution is -2.61. The zero-order chi connectivity index (χ0) is 37.8. The SMILES string of the molecule is COc1nc(-c2ccc(F)c(-c3cccc(NC(=O)c4cn(C)c(=O)n(C)c4=O)c3C)c2C)cc2c1[C@@H](N1CC[C@@]3(CCN(CCO)C(=O)N3)C1)CC2. The lowest BCUT2D eigenvalue weighted by molar-refractivity contribution is 0.102. The third-order valence-corrected chi connectivity index (χ3v) is 11.3. The van der Waals surface area contributed by atoms with Gasteiger partial charge >= 0.3 is 11.7 Å². The standard InChI is InChI=1S/C39H44FN7O6/c1-22-26(7-6-8-29(22)41-34(49)27-20-44(3)38(52)45(4)36(27)50)32-23(2)25(10-11-28(32)40)30-19-24-9-12-31(33(24)35(42-30)53-5)47-16-14-39(21-47)13-15-46(17-18-48)37(51)43-39/h6-8,10-11,19-20,31,48H,9,12-18,21H2,1-5H3,(H,41,49)(H,43,51)/t31-,39-/m0/s1. The Balaban J connectivity index is 1.17. The summed E-state index contributed by atoms with van der Waals surface area (Å²) in [6, 6.07) is 10.3. The minimum atomic E-state index is -0.717. The van der Waals surface area contributed by atoms with Crippen LogP contribution in [0.1, 0.15) is 57.9 Å². The molecule has 1 spiro atoms. The highest BCUT2D eigenvalue weighted by Gasteiger charge is 2.46. The van der Waals surface area contributed by atoms with Gasteiger partial charge in [-0.15, -0.1) is 0 Å². The van der Waals surface area contributed by atoms with Gasteiger partial charge in [0.2, 0.25) is 5.88 Å². The zero-order valence-electron chi connectivity index (χ0n) is 30.6. The number of halogens is 1. The molecule has 4 aromatic rings. The highest BCUT2D eigenvalue weighted by atomic mass is 19.1. The molecule has 14 heteroatoms. The number of hydrogen-bond donors (Lipinski definition) is 3. The summed E-state index contributed by atoms with van der Waals surface area (Å²) < 4.78 is 23.8. The second kappa shape index (κ2) is 13.9. The Morgan fingerprint density at radius 3 is 2.60 bits per heavy atom. The molecule has 53 heavy (non-hydrogen) atoms. The molecule has 2 aromatic heterocycles. The van der Waals surface area contributed by atoms with E-state index in [0.29, 0.717) is 52.6 Å². The number of aryl methyl sites for hydroxylation is 2. The third kappa shape index (κ3) is 6.29. The summed E-state index contributed by atoms with van der Waals surface area (Å²) in [5, 5.41) is 15.3. The zero-order valence-corrected chi connectivity index (χ0v) is 30.6. The number of β-amino-alcohol motifs (C(OH)–C–C–N with tert-alkyl or cyclic N) is 1. The molecule has 3 amide bonds. The molecule has 0 unspecified atom stereocenters.